The van der Waals surface area contributed by atoms with Crippen molar-refractivity contribution in [3.63, 3.8) is 0 Å². The number of anilines is 1. The van der Waals surface area contributed by atoms with Crippen LogP contribution in [0, 0.1) is 0 Å². The van der Waals surface area contributed by atoms with E-state index in [1.807, 2.05) is 6.92 Å². The first-order chi connectivity index (χ1) is 12.4. The average molecular weight is 377 g/mol. The fourth-order valence-corrected chi connectivity index (χ4v) is 3.68. The summed E-state index contributed by atoms with van der Waals surface area (Å²) in [6.07, 6.45) is 1.87. The maximum absolute atomic E-state index is 13.1. The molecule has 0 amide bonds. The molecule has 0 fully saturated rings. The fourth-order valence-electron chi connectivity index (χ4n) is 2.53. The van der Waals surface area contributed by atoms with Gasteiger partial charge in [-0.25, -0.2) is 13.4 Å². The average Bonchev–Trinajstić information content (AvgIpc) is 3.09. The highest BCUT2D eigenvalue weighted by atomic mass is 32.2. The van der Waals surface area contributed by atoms with Crippen molar-refractivity contribution in [2.24, 2.45) is 0 Å². The highest BCUT2D eigenvalue weighted by Gasteiger charge is 2.24. The predicted molar refractivity (Wildman–Crippen MR) is 96.3 cm³/mol. The van der Waals surface area contributed by atoms with Crippen LogP contribution in [-0.2, 0) is 16.4 Å². The van der Waals surface area contributed by atoms with Crippen molar-refractivity contribution < 1.29 is 22.4 Å². The first kappa shape index (κ1) is 18.0. The first-order valence-corrected chi connectivity index (χ1v) is 9.31. The summed E-state index contributed by atoms with van der Waals surface area (Å²) in [6, 6.07) is 6.43. The van der Waals surface area contributed by atoms with Gasteiger partial charge in [-0.2, -0.15) is 0 Å². The Hall–Kier alpha value is -2.81. The summed E-state index contributed by atoms with van der Waals surface area (Å²) in [6.45, 7) is 1.91. The van der Waals surface area contributed by atoms with E-state index in [9.17, 15) is 8.42 Å². The van der Waals surface area contributed by atoms with E-state index in [0.29, 0.717) is 40.4 Å². The Kier molecular flexibility index (Phi) is 4.73. The lowest BCUT2D eigenvalue weighted by Gasteiger charge is -2.20. The summed E-state index contributed by atoms with van der Waals surface area (Å²) in [5, 5.41) is 4.49. The number of fused-ring (bicyclic) bond motifs is 1. The van der Waals surface area contributed by atoms with Crippen molar-refractivity contribution in [3.8, 4) is 11.5 Å². The monoisotopic (exact) mass is 377 g/mol. The molecule has 0 aliphatic heterocycles. The molecule has 0 unspecified atom stereocenters. The summed E-state index contributed by atoms with van der Waals surface area (Å²) in [4.78, 5) is 4.12. The first-order valence-electron chi connectivity index (χ1n) is 7.87. The maximum atomic E-state index is 13.1. The van der Waals surface area contributed by atoms with Crippen LogP contribution in [0.15, 0.2) is 39.9 Å². The Morgan fingerprint density at radius 1 is 1.12 bits per heavy atom. The van der Waals surface area contributed by atoms with Crippen LogP contribution in [0.25, 0.3) is 11.1 Å². The van der Waals surface area contributed by atoms with Crippen LogP contribution in [0.3, 0.4) is 0 Å². The van der Waals surface area contributed by atoms with E-state index < -0.39 is 10.0 Å². The Bertz CT molecular complexity index is 1020. The Balaban J connectivity index is 2.07. The summed E-state index contributed by atoms with van der Waals surface area (Å²) in [7, 11) is 0.620. The third kappa shape index (κ3) is 3.05. The summed E-state index contributed by atoms with van der Waals surface area (Å²) < 4.78 is 42.8. The Morgan fingerprint density at radius 2 is 1.77 bits per heavy atom. The van der Waals surface area contributed by atoms with E-state index in [2.05, 4.69) is 10.1 Å². The molecule has 0 N–H and O–H groups in total. The molecule has 138 valence electrons. The number of ether oxygens (including phenoxy) is 2. The van der Waals surface area contributed by atoms with Crippen molar-refractivity contribution in [2.45, 2.75) is 18.2 Å². The van der Waals surface area contributed by atoms with Crippen molar-refractivity contribution in [1.82, 2.24) is 10.1 Å². The van der Waals surface area contributed by atoms with Crippen molar-refractivity contribution >= 4 is 26.8 Å². The molecule has 8 nitrogen and oxygen atoms in total. The zero-order valence-corrected chi connectivity index (χ0v) is 15.7. The van der Waals surface area contributed by atoms with Crippen LogP contribution in [0.5, 0.6) is 11.5 Å². The second kappa shape index (κ2) is 6.83. The van der Waals surface area contributed by atoms with Crippen LogP contribution in [0.1, 0.15) is 12.6 Å². The number of hydrogen-bond donors (Lipinski definition) is 0. The lowest BCUT2D eigenvalue weighted by atomic mass is 10.2. The molecule has 0 saturated carbocycles. The lowest BCUT2D eigenvalue weighted by molar-refractivity contribution is 0.394. The zero-order valence-electron chi connectivity index (χ0n) is 14.9. The molecular weight excluding hydrogens is 358 g/mol. The molecular formula is C17H19N3O5S. The van der Waals surface area contributed by atoms with Gasteiger partial charge in [0.15, 0.2) is 0 Å². The molecule has 0 saturated heterocycles. The SMILES string of the molecule is CCc1noc2ncc(S(=O)(=O)N(C)c3cc(OC)cc(OC)c3)cc12. The molecule has 3 aromatic rings. The van der Waals surface area contributed by atoms with Gasteiger partial charge in [0.2, 0.25) is 0 Å². The summed E-state index contributed by atoms with van der Waals surface area (Å²) >= 11 is 0. The number of hydrogen-bond acceptors (Lipinski definition) is 7. The van der Waals surface area contributed by atoms with E-state index in [1.54, 1.807) is 18.2 Å². The highest BCUT2D eigenvalue weighted by Crippen LogP contribution is 2.31. The van der Waals surface area contributed by atoms with Gasteiger partial charge in [-0.1, -0.05) is 12.1 Å². The minimum atomic E-state index is -3.85. The summed E-state index contributed by atoms with van der Waals surface area (Å²) in [5.41, 5.74) is 1.38. The molecule has 0 atom stereocenters. The van der Waals surface area contributed by atoms with E-state index in [0.717, 1.165) is 4.31 Å². The van der Waals surface area contributed by atoms with Crippen molar-refractivity contribution in [3.05, 3.63) is 36.2 Å². The van der Waals surface area contributed by atoms with E-state index in [1.165, 1.54) is 33.5 Å². The normalized spacial score (nSPS) is 11.5. The Morgan fingerprint density at radius 3 is 2.35 bits per heavy atom. The highest BCUT2D eigenvalue weighted by molar-refractivity contribution is 7.92. The molecule has 0 radical (unpaired) electrons. The molecule has 3 rings (SSSR count). The van der Waals surface area contributed by atoms with Crippen LogP contribution >= 0.6 is 0 Å². The standard InChI is InChI=1S/C17H19N3O5S/c1-5-16-15-9-14(10-18-17(15)25-19-16)26(21,22)20(2)11-6-12(23-3)8-13(7-11)24-4/h6-10H,5H2,1-4H3. The minimum Gasteiger partial charge on any atom is -0.497 e. The van der Waals surface area contributed by atoms with E-state index in [-0.39, 0.29) is 4.90 Å². The van der Waals surface area contributed by atoms with Gasteiger partial charge in [0.05, 0.1) is 37.2 Å². The predicted octanol–water partition coefficient (Wildman–Crippen LogP) is 2.63. The number of rotatable bonds is 6. The second-order valence-electron chi connectivity index (χ2n) is 5.55. The van der Waals surface area contributed by atoms with Gasteiger partial charge in [-0.3, -0.25) is 4.31 Å². The fraction of sp³-hybridized carbons (Fsp3) is 0.294. The molecule has 1 aromatic carbocycles. The molecule has 0 aliphatic carbocycles. The molecule has 2 heterocycles. The van der Waals surface area contributed by atoms with Crippen LogP contribution in [0.4, 0.5) is 5.69 Å². The number of benzene rings is 1. The number of sulfonamides is 1. The zero-order chi connectivity index (χ0) is 18.9. The van der Waals surface area contributed by atoms with Crippen molar-refractivity contribution in [1.29, 1.82) is 0 Å². The topological polar surface area (TPSA) is 94.8 Å². The van der Waals surface area contributed by atoms with Gasteiger partial charge in [0.1, 0.15) is 16.4 Å². The van der Waals surface area contributed by atoms with Gasteiger partial charge in [-0.05, 0) is 12.5 Å². The molecule has 9 heteroatoms. The van der Waals surface area contributed by atoms with Crippen LogP contribution in [-0.4, -0.2) is 39.8 Å². The third-order valence-electron chi connectivity index (χ3n) is 4.07. The molecule has 0 aliphatic rings. The van der Waals surface area contributed by atoms with Crippen LogP contribution in [0.2, 0.25) is 0 Å². The number of aromatic nitrogens is 2. The van der Waals surface area contributed by atoms with E-state index >= 15 is 0 Å². The number of methoxy groups -OCH3 is 2. The minimum absolute atomic E-state index is 0.0483. The maximum Gasteiger partial charge on any atom is 0.265 e. The smallest absolute Gasteiger partial charge is 0.265 e. The number of pyridine rings is 1. The Labute approximate surface area is 151 Å². The molecule has 0 bridgehead atoms. The largest absolute Gasteiger partial charge is 0.497 e. The lowest BCUT2D eigenvalue weighted by Crippen LogP contribution is -2.26. The van der Waals surface area contributed by atoms with Gasteiger partial charge in [0, 0.05) is 25.2 Å². The molecule has 0 spiro atoms. The van der Waals surface area contributed by atoms with Crippen molar-refractivity contribution in [2.75, 3.05) is 25.6 Å². The van der Waals surface area contributed by atoms with Gasteiger partial charge < -0.3 is 14.0 Å². The molecule has 26 heavy (non-hydrogen) atoms. The second-order valence-corrected chi connectivity index (χ2v) is 7.52. The summed E-state index contributed by atoms with van der Waals surface area (Å²) in [5.74, 6) is 0.976. The third-order valence-corrected chi connectivity index (χ3v) is 5.82. The van der Waals surface area contributed by atoms with E-state index in [4.69, 9.17) is 14.0 Å². The van der Waals surface area contributed by atoms with Gasteiger partial charge in [0.25, 0.3) is 15.7 Å². The quantitative estimate of drug-likeness (QED) is 0.651. The van der Waals surface area contributed by atoms with Crippen LogP contribution < -0.4 is 13.8 Å². The van der Waals surface area contributed by atoms with Gasteiger partial charge in [-0.15, -0.1) is 0 Å². The number of nitrogens with zero attached hydrogens (tertiary/aromatic N) is 3. The number of aryl methyl sites for hydroxylation is 1. The van der Waals surface area contributed by atoms with Gasteiger partial charge >= 0.3 is 0 Å². The molecule has 2 aromatic heterocycles.